The predicted octanol–water partition coefficient (Wildman–Crippen LogP) is 5.70. The van der Waals surface area contributed by atoms with E-state index in [4.69, 9.17) is 4.74 Å². The van der Waals surface area contributed by atoms with Crippen molar-refractivity contribution in [1.82, 2.24) is 9.80 Å². The van der Waals surface area contributed by atoms with E-state index in [-0.39, 0.29) is 47.2 Å². The van der Waals surface area contributed by atoms with E-state index in [1.54, 1.807) is 30.0 Å². The van der Waals surface area contributed by atoms with Crippen molar-refractivity contribution in [3.05, 3.63) is 89.5 Å². The number of amides is 3. The zero-order valence-corrected chi connectivity index (χ0v) is 23.7. The molecular weight excluding hydrogens is 549 g/mol. The number of alkyl halides is 3. The van der Waals surface area contributed by atoms with Crippen molar-refractivity contribution in [2.24, 2.45) is 5.92 Å². The Morgan fingerprint density at radius 2 is 1.76 bits per heavy atom. The highest BCUT2D eigenvalue weighted by molar-refractivity contribution is 6.04. The molecule has 0 aromatic heterocycles. The van der Waals surface area contributed by atoms with Gasteiger partial charge in [-0.1, -0.05) is 43.3 Å². The molecule has 3 aromatic carbocycles. The highest BCUT2D eigenvalue weighted by atomic mass is 19.4. The molecule has 4 rings (SSSR count). The Balaban J connectivity index is 1.60. The molecule has 1 aliphatic rings. The Morgan fingerprint density at radius 3 is 2.40 bits per heavy atom. The Labute approximate surface area is 243 Å². The molecule has 224 valence electrons. The number of carbonyl (C=O) groups is 2. The van der Waals surface area contributed by atoms with Gasteiger partial charge in [0.1, 0.15) is 6.10 Å². The first-order valence-corrected chi connectivity index (χ1v) is 13.7. The summed E-state index contributed by atoms with van der Waals surface area (Å²) in [6.45, 7) is 5.06. The normalized spacial score (nSPS) is 18.0. The van der Waals surface area contributed by atoms with Crippen LogP contribution in [0.5, 0.6) is 5.75 Å². The number of hydrogen-bond donors (Lipinski definition) is 3. The first-order chi connectivity index (χ1) is 20.0. The third kappa shape index (κ3) is 7.59. The Kier molecular flexibility index (Phi) is 9.74. The Hall–Kier alpha value is -4.09. The summed E-state index contributed by atoms with van der Waals surface area (Å²) in [5.41, 5.74) is 0.918. The summed E-state index contributed by atoms with van der Waals surface area (Å²) in [6.07, 6.45) is -4.88. The smallest absolute Gasteiger partial charge is 0.416 e. The number of fused-ring (bicyclic) bond motifs is 1. The molecule has 0 aliphatic carbocycles. The first kappa shape index (κ1) is 30.9. The van der Waals surface area contributed by atoms with Crippen molar-refractivity contribution < 1.29 is 32.6 Å². The maximum atomic E-state index is 13.7. The van der Waals surface area contributed by atoms with Crippen LogP contribution < -0.4 is 15.4 Å². The van der Waals surface area contributed by atoms with E-state index in [1.807, 2.05) is 44.3 Å². The second-order valence-corrected chi connectivity index (χ2v) is 10.6. The summed E-state index contributed by atoms with van der Waals surface area (Å²) in [5, 5.41) is 15.1. The topological polar surface area (TPSA) is 94.1 Å². The van der Waals surface area contributed by atoms with E-state index in [1.165, 1.54) is 0 Å². The number of anilines is 2. The van der Waals surface area contributed by atoms with Crippen LogP contribution in [-0.4, -0.2) is 65.7 Å². The first-order valence-electron chi connectivity index (χ1n) is 13.7. The maximum absolute atomic E-state index is 13.7. The van der Waals surface area contributed by atoms with Gasteiger partial charge in [-0.15, -0.1) is 0 Å². The molecule has 1 heterocycles. The lowest BCUT2D eigenvalue weighted by Crippen LogP contribution is -2.49. The Bertz CT molecular complexity index is 1370. The molecule has 0 saturated heterocycles. The number of likely N-dealkylation sites (N-methyl/N-ethyl adjacent to an activating group) is 1. The minimum atomic E-state index is -4.49. The zero-order valence-electron chi connectivity index (χ0n) is 23.7. The lowest BCUT2D eigenvalue weighted by atomic mass is 9.99. The summed E-state index contributed by atoms with van der Waals surface area (Å²) in [5.74, 6) is -0.297. The molecule has 3 atom stereocenters. The highest BCUT2D eigenvalue weighted by Crippen LogP contribution is 2.35. The fourth-order valence-corrected chi connectivity index (χ4v) is 4.85. The van der Waals surface area contributed by atoms with E-state index in [0.717, 1.165) is 29.8 Å². The van der Waals surface area contributed by atoms with E-state index >= 15 is 0 Å². The second-order valence-electron chi connectivity index (χ2n) is 10.6. The molecule has 0 saturated carbocycles. The third-order valence-electron chi connectivity index (χ3n) is 7.20. The summed E-state index contributed by atoms with van der Waals surface area (Å²) >= 11 is 0. The highest BCUT2D eigenvalue weighted by Gasteiger charge is 2.35. The fourth-order valence-electron chi connectivity index (χ4n) is 4.85. The Morgan fingerprint density at radius 1 is 1.07 bits per heavy atom. The number of aliphatic hydroxyl groups excluding tert-OH is 1. The van der Waals surface area contributed by atoms with Crippen molar-refractivity contribution in [1.29, 1.82) is 0 Å². The van der Waals surface area contributed by atoms with Crippen molar-refractivity contribution in [3.63, 3.8) is 0 Å². The van der Waals surface area contributed by atoms with Crippen LogP contribution in [0.2, 0.25) is 0 Å². The molecule has 0 bridgehead atoms. The number of aliphatic hydroxyl groups is 1. The van der Waals surface area contributed by atoms with Crippen molar-refractivity contribution in [3.8, 4) is 5.75 Å². The van der Waals surface area contributed by atoms with E-state index < -0.39 is 23.8 Å². The van der Waals surface area contributed by atoms with Gasteiger partial charge in [0.15, 0.2) is 5.75 Å². The van der Waals surface area contributed by atoms with Crippen LogP contribution in [0.25, 0.3) is 0 Å². The maximum Gasteiger partial charge on any atom is 0.416 e. The van der Waals surface area contributed by atoms with Gasteiger partial charge in [-0.3, -0.25) is 9.69 Å². The molecule has 11 heteroatoms. The van der Waals surface area contributed by atoms with Gasteiger partial charge < -0.3 is 25.4 Å². The van der Waals surface area contributed by atoms with Gasteiger partial charge in [-0.2, -0.15) is 13.2 Å². The average Bonchev–Trinajstić information content (AvgIpc) is 2.95. The largest absolute Gasteiger partial charge is 0.486 e. The van der Waals surface area contributed by atoms with Crippen LogP contribution in [0.3, 0.4) is 0 Å². The zero-order chi connectivity index (χ0) is 30.4. The molecule has 0 radical (unpaired) electrons. The molecule has 8 nitrogen and oxygen atoms in total. The van der Waals surface area contributed by atoms with Gasteiger partial charge >= 0.3 is 12.2 Å². The van der Waals surface area contributed by atoms with Crippen molar-refractivity contribution >= 4 is 23.3 Å². The summed E-state index contributed by atoms with van der Waals surface area (Å²) in [4.78, 5) is 30.3. The number of hydrogen-bond acceptors (Lipinski definition) is 5. The number of benzene rings is 3. The number of carbonyl (C=O) groups excluding carboxylic acids is 2. The van der Waals surface area contributed by atoms with Gasteiger partial charge in [-0.05, 0) is 55.9 Å². The fraction of sp³-hybridized carbons (Fsp3) is 0.355. The van der Waals surface area contributed by atoms with E-state index in [9.17, 15) is 27.9 Å². The number of para-hydroxylation sites is 1. The van der Waals surface area contributed by atoms with Crippen LogP contribution >= 0.6 is 0 Å². The van der Waals surface area contributed by atoms with Crippen LogP contribution in [-0.2, 0) is 12.7 Å². The van der Waals surface area contributed by atoms with Gasteiger partial charge in [0, 0.05) is 31.2 Å². The van der Waals surface area contributed by atoms with Crippen LogP contribution in [0, 0.1) is 5.92 Å². The van der Waals surface area contributed by atoms with Crippen molar-refractivity contribution in [2.75, 3.05) is 37.4 Å². The van der Waals surface area contributed by atoms with Crippen molar-refractivity contribution in [2.45, 2.75) is 38.7 Å². The molecular formula is C31H35F3N4O4. The number of rotatable bonds is 8. The number of nitrogens with zero attached hydrogens (tertiary/aromatic N) is 2. The van der Waals surface area contributed by atoms with Crippen LogP contribution in [0.4, 0.5) is 29.3 Å². The standard InChI is InChI=1S/C31H35F3N4O4/c1-20-16-38(21(2)19-39)29(40)25-10-7-11-26(36-30(41)35-24-14-12-23(13-15-24)31(32,33)34)28(25)42-27(20)18-37(3)17-22-8-5-4-6-9-22/h4-15,20-21,27,39H,16-19H2,1-3H3,(H2,35,36,41)/t20-,21-,27+/m1/s1. The van der Waals surface area contributed by atoms with E-state index in [2.05, 4.69) is 15.5 Å². The van der Waals surface area contributed by atoms with Gasteiger partial charge in [0.05, 0.1) is 29.5 Å². The summed E-state index contributed by atoms with van der Waals surface area (Å²) in [6, 6.07) is 17.7. The third-order valence-corrected chi connectivity index (χ3v) is 7.20. The second kappa shape index (κ2) is 13.3. The van der Waals surface area contributed by atoms with Crippen LogP contribution in [0.1, 0.15) is 35.3 Å². The van der Waals surface area contributed by atoms with E-state index in [0.29, 0.717) is 19.6 Å². The molecule has 3 aromatic rings. The summed E-state index contributed by atoms with van der Waals surface area (Å²) in [7, 11) is 1.98. The van der Waals surface area contributed by atoms with Gasteiger partial charge in [-0.25, -0.2) is 4.79 Å². The molecule has 1 aliphatic heterocycles. The molecule has 0 fully saturated rings. The molecule has 3 N–H and O–H groups in total. The lowest BCUT2D eigenvalue weighted by molar-refractivity contribution is -0.137. The van der Waals surface area contributed by atoms with Gasteiger partial charge in [0.2, 0.25) is 0 Å². The lowest BCUT2D eigenvalue weighted by Gasteiger charge is -2.38. The monoisotopic (exact) mass is 584 g/mol. The van der Waals surface area contributed by atoms with Gasteiger partial charge in [0.25, 0.3) is 5.91 Å². The van der Waals surface area contributed by atoms with Crippen LogP contribution in [0.15, 0.2) is 72.8 Å². The number of nitrogens with one attached hydrogen (secondary N) is 2. The number of ether oxygens (including phenoxy) is 1. The predicted molar refractivity (Wildman–Crippen MR) is 154 cm³/mol. The quantitative estimate of drug-likeness (QED) is 0.316. The number of halogens is 3. The molecule has 0 spiro atoms. The average molecular weight is 585 g/mol. The molecule has 3 amide bonds. The number of urea groups is 1. The molecule has 42 heavy (non-hydrogen) atoms. The SMILES string of the molecule is C[C@@H]1CN([C@H](C)CO)C(=O)c2cccc(NC(=O)Nc3ccc(C(F)(F)F)cc3)c2O[C@H]1CN(C)Cc1ccccc1. The summed E-state index contributed by atoms with van der Waals surface area (Å²) < 4.78 is 45.2. The minimum Gasteiger partial charge on any atom is -0.486 e. The minimum absolute atomic E-state index is 0.136. The molecule has 0 unspecified atom stereocenters.